The van der Waals surface area contributed by atoms with Crippen molar-refractivity contribution in [3.8, 4) is 0 Å². The molecule has 0 aromatic carbocycles. The molecule has 0 spiro atoms. The predicted molar refractivity (Wildman–Crippen MR) is 71.2 cm³/mol. The molecule has 1 unspecified atom stereocenters. The Bertz CT molecular complexity index is 438. The second-order valence-corrected chi connectivity index (χ2v) is 5.70. The highest BCUT2D eigenvalue weighted by atomic mass is 32.1. The van der Waals surface area contributed by atoms with Crippen LogP contribution >= 0.6 is 11.3 Å². The van der Waals surface area contributed by atoms with E-state index in [1.807, 2.05) is 17.5 Å². The molecule has 0 bridgehead atoms. The van der Waals surface area contributed by atoms with Crippen LogP contribution in [0, 0.1) is 0 Å². The number of ether oxygens (including phenoxy) is 1. The lowest BCUT2D eigenvalue weighted by atomic mass is 9.98. The van der Waals surface area contributed by atoms with Crippen LogP contribution in [0.3, 0.4) is 0 Å². The van der Waals surface area contributed by atoms with Gasteiger partial charge in [-0.2, -0.15) is 0 Å². The maximum absolute atomic E-state index is 11.8. The molecule has 104 valence electrons. The average molecular weight is 283 g/mol. The van der Waals surface area contributed by atoms with Crippen molar-refractivity contribution in [1.29, 1.82) is 0 Å². The number of thiophene rings is 1. The van der Waals surface area contributed by atoms with Crippen LogP contribution in [0.2, 0.25) is 0 Å². The number of nitrogens with one attached hydrogen (secondary N) is 1. The first-order valence-corrected chi connectivity index (χ1v) is 7.15. The van der Waals surface area contributed by atoms with E-state index in [0.717, 1.165) is 12.8 Å². The molecule has 2 rings (SSSR count). The van der Waals surface area contributed by atoms with Gasteiger partial charge in [-0.15, -0.1) is 11.3 Å². The molecule has 1 aromatic heterocycles. The number of carboxylic acid groups (broad SMARTS) is 1. The van der Waals surface area contributed by atoms with Gasteiger partial charge in [0.25, 0.3) is 0 Å². The largest absolute Gasteiger partial charge is 0.479 e. The minimum Gasteiger partial charge on any atom is -0.479 e. The summed E-state index contributed by atoms with van der Waals surface area (Å²) in [6.07, 6.45) is 2.25. The molecule has 0 radical (unpaired) electrons. The van der Waals surface area contributed by atoms with Crippen LogP contribution in [0.5, 0.6) is 0 Å². The molecule has 0 saturated carbocycles. The molecule has 5 nitrogen and oxygen atoms in total. The molecule has 2 N–H and O–H groups in total. The molecular formula is C13H17NO4S. The second kappa shape index (κ2) is 6.16. The number of amides is 1. The number of carbonyl (C=O) groups excluding carboxylic acids is 1. The van der Waals surface area contributed by atoms with Crippen LogP contribution in [-0.2, 0) is 20.7 Å². The summed E-state index contributed by atoms with van der Waals surface area (Å²) in [5.41, 5.74) is -1.22. The number of carbonyl (C=O) groups is 2. The van der Waals surface area contributed by atoms with Crippen molar-refractivity contribution in [1.82, 2.24) is 5.32 Å². The minimum absolute atomic E-state index is 0.0546. The molecule has 1 fully saturated rings. The van der Waals surface area contributed by atoms with Crippen molar-refractivity contribution < 1.29 is 19.4 Å². The van der Waals surface area contributed by atoms with E-state index in [2.05, 4.69) is 5.32 Å². The van der Waals surface area contributed by atoms with Gasteiger partial charge >= 0.3 is 5.97 Å². The molecule has 2 heterocycles. The SMILES string of the molecule is O=C(CCCc1cccs1)NC1(C(=O)O)CCOC1. The van der Waals surface area contributed by atoms with Crippen molar-refractivity contribution in [2.24, 2.45) is 0 Å². The third-order valence-corrected chi connectivity index (χ3v) is 4.15. The molecule has 1 aliphatic heterocycles. The fraction of sp³-hybridized carbons (Fsp3) is 0.538. The number of aryl methyl sites for hydroxylation is 1. The van der Waals surface area contributed by atoms with Crippen molar-refractivity contribution in [2.75, 3.05) is 13.2 Å². The van der Waals surface area contributed by atoms with E-state index in [1.54, 1.807) is 11.3 Å². The van der Waals surface area contributed by atoms with E-state index in [9.17, 15) is 14.7 Å². The molecule has 19 heavy (non-hydrogen) atoms. The van der Waals surface area contributed by atoms with E-state index >= 15 is 0 Å². The number of rotatable bonds is 6. The molecule has 1 aliphatic rings. The molecule has 1 atom stereocenters. The standard InChI is InChI=1S/C13H17NO4S/c15-11(5-1-3-10-4-2-8-19-10)14-13(12(16)17)6-7-18-9-13/h2,4,8H,1,3,5-7,9H2,(H,14,15)(H,16,17). The lowest BCUT2D eigenvalue weighted by Gasteiger charge is -2.23. The highest BCUT2D eigenvalue weighted by Crippen LogP contribution is 2.19. The van der Waals surface area contributed by atoms with Gasteiger partial charge in [0.15, 0.2) is 5.54 Å². The molecule has 1 amide bonds. The van der Waals surface area contributed by atoms with E-state index in [-0.39, 0.29) is 12.5 Å². The fourth-order valence-corrected chi connectivity index (χ4v) is 2.84. The van der Waals surface area contributed by atoms with Gasteiger partial charge in [-0.05, 0) is 24.3 Å². The first kappa shape index (κ1) is 14.0. The first-order chi connectivity index (χ1) is 9.12. The zero-order valence-electron chi connectivity index (χ0n) is 10.6. The van der Waals surface area contributed by atoms with Crippen LogP contribution in [0.15, 0.2) is 17.5 Å². The second-order valence-electron chi connectivity index (χ2n) is 4.67. The van der Waals surface area contributed by atoms with Gasteiger partial charge in [-0.3, -0.25) is 4.79 Å². The zero-order valence-corrected chi connectivity index (χ0v) is 11.4. The Hall–Kier alpha value is -1.40. The quantitative estimate of drug-likeness (QED) is 0.828. The van der Waals surface area contributed by atoms with Gasteiger partial charge in [0.1, 0.15) is 0 Å². The topological polar surface area (TPSA) is 75.6 Å². The van der Waals surface area contributed by atoms with E-state index in [1.165, 1.54) is 4.88 Å². The Balaban J connectivity index is 1.78. The summed E-state index contributed by atoms with van der Waals surface area (Å²) in [6, 6.07) is 4.02. The van der Waals surface area contributed by atoms with Crippen molar-refractivity contribution in [2.45, 2.75) is 31.2 Å². The maximum Gasteiger partial charge on any atom is 0.331 e. The van der Waals surface area contributed by atoms with Gasteiger partial charge in [0.05, 0.1) is 6.61 Å². The van der Waals surface area contributed by atoms with Gasteiger partial charge in [0.2, 0.25) is 5.91 Å². The lowest BCUT2D eigenvalue weighted by molar-refractivity contribution is -0.147. The smallest absolute Gasteiger partial charge is 0.331 e. The average Bonchev–Trinajstić information content (AvgIpc) is 3.00. The highest BCUT2D eigenvalue weighted by Gasteiger charge is 2.43. The minimum atomic E-state index is -1.22. The third-order valence-electron chi connectivity index (χ3n) is 3.22. The van der Waals surface area contributed by atoms with Crippen LogP contribution in [-0.4, -0.2) is 35.7 Å². The predicted octanol–water partition coefficient (Wildman–Crippen LogP) is 1.43. The third kappa shape index (κ3) is 3.54. The van der Waals surface area contributed by atoms with E-state index in [0.29, 0.717) is 19.4 Å². The summed E-state index contributed by atoms with van der Waals surface area (Å²) in [5, 5.41) is 13.8. The van der Waals surface area contributed by atoms with Crippen molar-refractivity contribution in [3.05, 3.63) is 22.4 Å². The number of hydrogen-bond acceptors (Lipinski definition) is 4. The molecular weight excluding hydrogens is 266 g/mol. The van der Waals surface area contributed by atoms with Crippen LogP contribution in [0.1, 0.15) is 24.1 Å². The summed E-state index contributed by atoms with van der Waals surface area (Å²) in [7, 11) is 0. The Kier molecular flexibility index (Phi) is 4.55. The Morgan fingerprint density at radius 3 is 2.95 bits per heavy atom. The van der Waals surface area contributed by atoms with Crippen LogP contribution in [0.25, 0.3) is 0 Å². The lowest BCUT2D eigenvalue weighted by Crippen LogP contribution is -2.55. The summed E-state index contributed by atoms with van der Waals surface area (Å²) in [5.74, 6) is -1.24. The van der Waals surface area contributed by atoms with Gasteiger partial charge in [-0.25, -0.2) is 4.79 Å². The Labute approximate surface area is 115 Å². The monoisotopic (exact) mass is 283 g/mol. The Morgan fingerprint density at radius 2 is 2.37 bits per heavy atom. The van der Waals surface area contributed by atoms with Crippen molar-refractivity contribution in [3.63, 3.8) is 0 Å². The Morgan fingerprint density at radius 1 is 1.53 bits per heavy atom. The number of hydrogen-bond donors (Lipinski definition) is 2. The summed E-state index contributed by atoms with van der Waals surface area (Å²) >= 11 is 1.67. The summed E-state index contributed by atoms with van der Waals surface area (Å²) in [4.78, 5) is 24.3. The summed E-state index contributed by atoms with van der Waals surface area (Å²) < 4.78 is 5.09. The molecule has 0 aliphatic carbocycles. The first-order valence-electron chi connectivity index (χ1n) is 6.27. The van der Waals surface area contributed by atoms with Crippen LogP contribution < -0.4 is 5.32 Å². The zero-order chi connectivity index (χ0) is 13.7. The molecule has 6 heteroatoms. The summed E-state index contributed by atoms with van der Waals surface area (Å²) in [6.45, 7) is 0.431. The van der Waals surface area contributed by atoms with Gasteiger partial charge < -0.3 is 15.2 Å². The van der Waals surface area contributed by atoms with E-state index in [4.69, 9.17) is 4.74 Å². The fourth-order valence-electron chi connectivity index (χ4n) is 2.09. The van der Waals surface area contributed by atoms with E-state index < -0.39 is 11.5 Å². The van der Waals surface area contributed by atoms with Crippen LogP contribution in [0.4, 0.5) is 0 Å². The van der Waals surface area contributed by atoms with Gasteiger partial charge in [0, 0.05) is 24.3 Å². The number of carboxylic acids is 1. The van der Waals surface area contributed by atoms with Gasteiger partial charge in [-0.1, -0.05) is 6.07 Å². The normalized spacial score (nSPS) is 22.3. The number of aliphatic carboxylic acids is 1. The molecule has 1 saturated heterocycles. The molecule has 1 aromatic rings. The van der Waals surface area contributed by atoms with Crippen molar-refractivity contribution >= 4 is 23.2 Å². The highest BCUT2D eigenvalue weighted by molar-refractivity contribution is 7.09. The maximum atomic E-state index is 11.8.